The minimum Gasteiger partial charge on any atom is -0.504 e. The van der Waals surface area contributed by atoms with Gasteiger partial charge in [-0.3, -0.25) is 14.7 Å². The highest BCUT2D eigenvalue weighted by Gasteiger charge is 2.64. The Morgan fingerprint density at radius 1 is 1.13 bits per heavy atom. The van der Waals surface area contributed by atoms with E-state index in [1.165, 1.54) is 0 Å². The number of hydrogen-bond donors (Lipinski definition) is 4. The second kappa shape index (κ2) is 6.23. The van der Waals surface area contributed by atoms with Crippen molar-refractivity contribution in [2.24, 2.45) is 17.8 Å². The molecule has 5 rings (SSSR count). The second-order valence-corrected chi connectivity index (χ2v) is 9.25. The van der Waals surface area contributed by atoms with Crippen LogP contribution in [0.15, 0.2) is 15.4 Å². The minimum absolute atomic E-state index is 0.0612. The van der Waals surface area contributed by atoms with Crippen molar-refractivity contribution in [3.63, 3.8) is 0 Å². The van der Waals surface area contributed by atoms with E-state index in [4.69, 9.17) is 0 Å². The summed E-state index contributed by atoms with van der Waals surface area (Å²) in [5, 5.41) is 20.9. The molecule has 5 atom stereocenters. The highest BCUT2D eigenvalue weighted by atomic mass is 19.3. The lowest BCUT2D eigenvalue weighted by Crippen LogP contribution is -2.57. The fourth-order valence-electron chi connectivity index (χ4n) is 6.20. The Bertz CT molecular complexity index is 1050. The van der Waals surface area contributed by atoms with Gasteiger partial charge in [0.25, 0.3) is 11.5 Å². The second-order valence-electron chi connectivity index (χ2n) is 9.25. The van der Waals surface area contributed by atoms with Crippen LogP contribution in [0.1, 0.15) is 49.8 Å². The number of H-pyrrole nitrogens is 2. The van der Waals surface area contributed by atoms with Crippen molar-refractivity contribution in [2.45, 2.75) is 56.1 Å². The Hall–Kier alpha value is -2.07. The van der Waals surface area contributed by atoms with Crippen LogP contribution >= 0.6 is 0 Å². The van der Waals surface area contributed by atoms with Gasteiger partial charge in [-0.05, 0) is 31.1 Å². The summed E-state index contributed by atoms with van der Waals surface area (Å²) in [5.41, 5.74) is -3.12. The zero-order chi connectivity index (χ0) is 21.6. The molecule has 0 radical (unpaired) electrons. The van der Waals surface area contributed by atoms with E-state index in [1.54, 1.807) is 11.8 Å². The summed E-state index contributed by atoms with van der Waals surface area (Å²) in [6, 6.07) is 0. The van der Waals surface area contributed by atoms with E-state index < -0.39 is 58.7 Å². The highest BCUT2D eigenvalue weighted by Crippen LogP contribution is 2.60. The summed E-state index contributed by atoms with van der Waals surface area (Å²) in [7, 11) is 0. The third-order valence-electron chi connectivity index (χ3n) is 7.76. The molecule has 1 saturated heterocycles. The lowest BCUT2D eigenvalue weighted by molar-refractivity contribution is -0.161. The van der Waals surface area contributed by atoms with Crippen molar-refractivity contribution in [3.05, 3.63) is 37.9 Å². The predicted molar refractivity (Wildman–Crippen MR) is 101 cm³/mol. The van der Waals surface area contributed by atoms with Gasteiger partial charge in [0.15, 0.2) is 11.6 Å². The lowest BCUT2D eigenvalue weighted by atomic mass is 9.71. The van der Waals surface area contributed by atoms with Gasteiger partial charge in [0.05, 0.1) is 5.54 Å². The zero-order valence-electron chi connectivity index (χ0n) is 16.4. The van der Waals surface area contributed by atoms with Crippen molar-refractivity contribution >= 4 is 5.76 Å². The van der Waals surface area contributed by atoms with E-state index in [1.807, 2.05) is 4.98 Å². The summed E-state index contributed by atoms with van der Waals surface area (Å²) >= 11 is 0. The number of aliphatic hydroxyl groups is 2. The van der Waals surface area contributed by atoms with E-state index in [-0.39, 0.29) is 36.1 Å². The SMILES string of the molecule is CC1c2[nH]c(=O)[nH]c(=O)c2C(O)=C(F)C1(C1CC1)N1CC2CCC(F)(F)C(O)C2C1. The molecule has 0 spiro atoms. The van der Waals surface area contributed by atoms with Crippen molar-refractivity contribution < 1.29 is 23.4 Å². The summed E-state index contributed by atoms with van der Waals surface area (Å²) < 4.78 is 44.1. The molecule has 4 aliphatic rings. The quantitative estimate of drug-likeness (QED) is 0.576. The third kappa shape index (κ3) is 2.46. The molecule has 164 valence electrons. The molecule has 0 aromatic carbocycles. The van der Waals surface area contributed by atoms with Crippen LogP contribution in [0.2, 0.25) is 0 Å². The van der Waals surface area contributed by atoms with E-state index in [9.17, 15) is 28.6 Å². The van der Waals surface area contributed by atoms with E-state index in [0.717, 1.165) is 0 Å². The van der Waals surface area contributed by atoms with Gasteiger partial charge in [-0.2, -0.15) is 0 Å². The number of nitrogens with one attached hydrogen (secondary N) is 2. The van der Waals surface area contributed by atoms with Crippen molar-refractivity contribution in [2.75, 3.05) is 13.1 Å². The Morgan fingerprint density at radius 2 is 1.83 bits per heavy atom. The van der Waals surface area contributed by atoms with E-state index in [0.29, 0.717) is 19.4 Å². The number of aliphatic hydroxyl groups excluding tert-OH is 2. The number of likely N-dealkylation sites (tertiary alicyclic amines) is 1. The van der Waals surface area contributed by atoms with Crippen LogP contribution in [0.5, 0.6) is 0 Å². The van der Waals surface area contributed by atoms with Gasteiger partial charge < -0.3 is 15.2 Å². The number of aromatic amines is 2. The molecule has 5 unspecified atom stereocenters. The summed E-state index contributed by atoms with van der Waals surface area (Å²) in [6.45, 7) is 2.05. The number of fused-ring (bicyclic) bond motifs is 2. The smallest absolute Gasteiger partial charge is 0.325 e. The Balaban J connectivity index is 1.64. The topological polar surface area (TPSA) is 109 Å². The summed E-state index contributed by atoms with van der Waals surface area (Å²) in [4.78, 5) is 30.5. The molecule has 3 fully saturated rings. The van der Waals surface area contributed by atoms with Crippen LogP contribution in [0.25, 0.3) is 5.76 Å². The summed E-state index contributed by atoms with van der Waals surface area (Å²) in [5.74, 6) is -6.64. The Labute approximate surface area is 169 Å². The van der Waals surface area contributed by atoms with Gasteiger partial charge >= 0.3 is 5.69 Å². The van der Waals surface area contributed by atoms with Gasteiger partial charge in [0, 0.05) is 37.0 Å². The first-order valence-corrected chi connectivity index (χ1v) is 10.4. The van der Waals surface area contributed by atoms with Crippen LogP contribution in [-0.2, 0) is 0 Å². The molecule has 2 heterocycles. The summed E-state index contributed by atoms with van der Waals surface area (Å²) in [6.07, 6.45) is -0.627. The maximum atomic E-state index is 15.9. The van der Waals surface area contributed by atoms with Gasteiger partial charge in [-0.1, -0.05) is 6.92 Å². The highest BCUT2D eigenvalue weighted by molar-refractivity contribution is 5.68. The molecule has 10 heteroatoms. The fraction of sp³-hybridized carbons (Fsp3) is 0.700. The van der Waals surface area contributed by atoms with Crippen molar-refractivity contribution in [1.29, 1.82) is 0 Å². The molecule has 30 heavy (non-hydrogen) atoms. The van der Waals surface area contributed by atoms with Gasteiger partial charge in [0.1, 0.15) is 11.7 Å². The van der Waals surface area contributed by atoms with Crippen LogP contribution in [0.4, 0.5) is 13.2 Å². The van der Waals surface area contributed by atoms with E-state index in [2.05, 4.69) is 4.98 Å². The Kier molecular flexibility index (Phi) is 4.12. The minimum atomic E-state index is -3.18. The number of halogens is 3. The largest absolute Gasteiger partial charge is 0.504 e. The maximum absolute atomic E-state index is 15.9. The van der Waals surface area contributed by atoms with Crippen LogP contribution in [-0.4, -0.2) is 55.7 Å². The molecule has 1 aromatic heterocycles. The number of nitrogens with zero attached hydrogens (tertiary/aromatic N) is 1. The van der Waals surface area contributed by atoms with Crippen LogP contribution in [0.3, 0.4) is 0 Å². The van der Waals surface area contributed by atoms with E-state index >= 15 is 4.39 Å². The van der Waals surface area contributed by atoms with Crippen LogP contribution in [0, 0.1) is 17.8 Å². The number of alkyl halides is 2. The molecule has 3 aliphatic carbocycles. The van der Waals surface area contributed by atoms with Gasteiger partial charge in [-0.25, -0.2) is 18.0 Å². The van der Waals surface area contributed by atoms with Crippen molar-refractivity contribution in [1.82, 2.24) is 14.9 Å². The first kappa shape index (κ1) is 19.9. The first-order chi connectivity index (χ1) is 14.1. The maximum Gasteiger partial charge on any atom is 0.325 e. The molecular weight excluding hydrogens is 403 g/mol. The molecule has 7 nitrogen and oxygen atoms in total. The molecule has 1 aliphatic heterocycles. The molecule has 0 amide bonds. The molecule has 2 saturated carbocycles. The fourth-order valence-corrected chi connectivity index (χ4v) is 6.20. The van der Waals surface area contributed by atoms with Gasteiger partial charge in [0.2, 0.25) is 0 Å². The third-order valence-corrected chi connectivity index (χ3v) is 7.76. The normalized spacial score (nSPS) is 38.4. The number of rotatable bonds is 2. The predicted octanol–water partition coefficient (Wildman–Crippen LogP) is 1.86. The standard InChI is InChI=1S/C20H24F3N3O4/c1-8-13-12(17(29)25-18(30)24-13)14(27)15(21)20(8,10-2-3-10)26-6-9-4-5-19(22,23)16(28)11(9)7-26/h8-11,16,27-28H,2-7H2,1H3,(H2,24,25,29,30). The number of hydrogen-bond acceptors (Lipinski definition) is 5. The number of aromatic nitrogens is 2. The first-order valence-electron chi connectivity index (χ1n) is 10.4. The zero-order valence-corrected chi connectivity index (χ0v) is 16.4. The molecule has 1 aromatic rings. The monoisotopic (exact) mass is 427 g/mol. The molecule has 4 N–H and O–H groups in total. The Morgan fingerprint density at radius 3 is 2.50 bits per heavy atom. The van der Waals surface area contributed by atoms with Gasteiger partial charge in [-0.15, -0.1) is 0 Å². The molecule has 0 bridgehead atoms. The van der Waals surface area contributed by atoms with Crippen LogP contribution < -0.4 is 11.2 Å². The molecular formula is C20H24F3N3O4. The average Bonchev–Trinajstić information content (AvgIpc) is 3.42. The van der Waals surface area contributed by atoms with Crippen molar-refractivity contribution in [3.8, 4) is 0 Å². The average molecular weight is 427 g/mol. The lowest BCUT2D eigenvalue weighted by Gasteiger charge is -2.48.